The molecule has 1 fully saturated rings. The lowest BCUT2D eigenvalue weighted by Crippen LogP contribution is -2.28. The lowest BCUT2D eigenvalue weighted by Gasteiger charge is -2.26. The first-order valence-electron chi connectivity index (χ1n) is 7.44. The highest BCUT2D eigenvalue weighted by atomic mass is 19.4. The number of nitrogens with zero attached hydrogens (tertiary/aromatic N) is 1. The number of hydrogen-bond acceptors (Lipinski definition) is 3. The number of nitrogens with one attached hydrogen (secondary N) is 1. The third-order valence-electron chi connectivity index (χ3n) is 4.15. The fraction of sp³-hybridized carbons (Fsp3) is 0.438. The molecule has 0 spiro atoms. The average molecular weight is 328 g/mol. The van der Waals surface area contributed by atoms with Gasteiger partial charge in [0.05, 0.1) is 11.7 Å². The number of anilines is 1. The molecule has 1 heterocycles. The van der Waals surface area contributed by atoms with Crippen molar-refractivity contribution in [1.29, 1.82) is 0 Å². The molecule has 0 aliphatic heterocycles. The predicted octanol–water partition coefficient (Wildman–Crippen LogP) is 4.11. The van der Waals surface area contributed by atoms with E-state index in [9.17, 15) is 22.7 Å². The molecule has 7 heteroatoms. The van der Waals surface area contributed by atoms with Crippen LogP contribution in [0.4, 0.5) is 23.4 Å². The van der Waals surface area contributed by atoms with Crippen molar-refractivity contribution in [2.75, 3.05) is 5.32 Å². The van der Waals surface area contributed by atoms with Gasteiger partial charge in [0.15, 0.2) is 0 Å². The van der Waals surface area contributed by atoms with Gasteiger partial charge in [-0.05, 0) is 49.3 Å². The minimum atomic E-state index is -4.63. The van der Waals surface area contributed by atoms with E-state index in [2.05, 4.69) is 10.3 Å². The van der Waals surface area contributed by atoms with Crippen molar-refractivity contribution in [1.82, 2.24) is 4.98 Å². The van der Waals surface area contributed by atoms with Gasteiger partial charge in [-0.15, -0.1) is 0 Å². The van der Waals surface area contributed by atoms with E-state index in [1.807, 2.05) is 0 Å². The Morgan fingerprint density at radius 3 is 2.43 bits per heavy atom. The zero-order chi connectivity index (χ0) is 16.6. The zero-order valence-corrected chi connectivity index (χ0v) is 12.2. The van der Waals surface area contributed by atoms with Gasteiger partial charge in [0, 0.05) is 17.6 Å². The molecule has 2 N–H and O–H groups in total. The van der Waals surface area contributed by atoms with Gasteiger partial charge in [-0.1, -0.05) is 0 Å². The lowest BCUT2D eigenvalue weighted by molar-refractivity contribution is -0.136. The second kappa shape index (κ2) is 5.96. The smallest absolute Gasteiger partial charge is 0.393 e. The summed E-state index contributed by atoms with van der Waals surface area (Å²) in [6, 6.07) is 2.92. The van der Waals surface area contributed by atoms with Crippen molar-refractivity contribution in [3.05, 3.63) is 35.8 Å². The molecule has 0 unspecified atom stereocenters. The van der Waals surface area contributed by atoms with Crippen LogP contribution in [-0.2, 0) is 6.18 Å². The molecular weight excluding hydrogens is 312 g/mol. The molecule has 124 valence electrons. The maximum absolute atomic E-state index is 13.4. The van der Waals surface area contributed by atoms with Crippen molar-refractivity contribution < 1.29 is 22.7 Å². The van der Waals surface area contributed by atoms with E-state index in [1.54, 1.807) is 0 Å². The van der Waals surface area contributed by atoms with Crippen LogP contribution in [0.5, 0.6) is 0 Å². The van der Waals surface area contributed by atoms with E-state index >= 15 is 0 Å². The number of rotatable bonds is 2. The summed E-state index contributed by atoms with van der Waals surface area (Å²) in [6.07, 6.45) is -0.916. The quantitative estimate of drug-likeness (QED) is 0.816. The molecule has 1 aliphatic carbocycles. The van der Waals surface area contributed by atoms with Gasteiger partial charge in [0.1, 0.15) is 11.6 Å². The fourth-order valence-corrected chi connectivity index (χ4v) is 2.96. The number of aliphatic hydroxyl groups is 1. The maximum Gasteiger partial charge on any atom is 0.417 e. The zero-order valence-electron chi connectivity index (χ0n) is 12.2. The molecule has 3 nitrogen and oxygen atoms in total. The Hall–Kier alpha value is -1.89. The topological polar surface area (TPSA) is 45.1 Å². The summed E-state index contributed by atoms with van der Waals surface area (Å²) in [4.78, 5) is 4.08. The maximum atomic E-state index is 13.4. The van der Waals surface area contributed by atoms with Crippen molar-refractivity contribution >= 4 is 16.6 Å². The second-order valence-corrected chi connectivity index (χ2v) is 5.89. The number of aliphatic hydroxyl groups excluding tert-OH is 1. The van der Waals surface area contributed by atoms with Crippen LogP contribution in [0.1, 0.15) is 31.2 Å². The Morgan fingerprint density at radius 1 is 1.09 bits per heavy atom. The first-order valence-corrected chi connectivity index (χ1v) is 7.44. The summed E-state index contributed by atoms with van der Waals surface area (Å²) in [5, 5.41) is 12.6. The minimum Gasteiger partial charge on any atom is -0.393 e. The summed E-state index contributed by atoms with van der Waals surface area (Å²) < 4.78 is 52.7. The molecule has 0 atom stereocenters. The van der Waals surface area contributed by atoms with Crippen LogP contribution in [0.25, 0.3) is 10.8 Å². The highest BCUT2D eigenvalue weighted by molar-refractivity contribution is 5.87. The molecule has 0 saturated heterocycles. The van der Waals surface area contributed by atoms with Gasteiger partial charge in [0.25, 0.3) is 0 Å². The molecule has 3 rings (SSSR count). The van der Waals surface area contributed by atoms with Crippen molar-refractivity contribution in [2.24, 2.45) is 0 Å². The van der Waals surface area contributed by atoms with Gasteiger partial charge in [-0.2, -0.15) is 13.2 Å². The van der Waals surface area contributed by atoms with Crippen LogP contribution >= 0.6 is 0 Å². The molecular formula is C16H16F4N2O. The summed E-state index contributed by atoms with van der Waals surface area (Å²) in [7, 11) is 0. The SMILES string of the molecule is OC1CCC(Nc2cc3c(C(F)(F)F)cc(F)cc3cn2)CC1. The van der Waals surface area contributed by atoms with Gasteiger partial charge < -0.3 is 10.4 Å². The fourth-order valence-electron chi connectivity index (χ4n) is 2.96. The van der Waals surface area contributed by atoms with Gasteiger partial charge in [-0.25, -0.2) is 9.37 Å². The number of fused-ring (bicyclic) bond motifs is 1. The van der Waals surface area contributed by atoms with E-state index in [0.29, 0.717) is 24.7 Å². The van der Waals surface area contributed by atoms with E-state index in [1.165, 1.54) is 12.3 Å². The highest BCUT2D eigenvalue weighted by Gasteiger charge is 2.33. The van der Waals surface area contributed by atoms with E-state index in [4.69, 9.17) is 0 Å². The minimum absolute atomic E-state index is 0.0677. The Bertz CT molecular complexity index is 709. The lowest BCUT2D eigenvalue weighted by atomic mass is 9.93. The van der Waals surface area contributed by atoms with Crippen LogP contribution < -0.4 is 5.32 Å². The van der Waals surface area contributed by atoms with E-state index < -0.39 is 17.6 Å². The molecule has 23 heavy (non-hydrogen) atoms. The predicted molar refractivity (Wildman–Crippen MR) is 78.6 cm³/mol. The Labute approximate surface area is 130 Å². The Kier molecular flexibility index (Phi) is 4.14. The van der Waals surface area contributed by atoms with Gasteiger partial charge >= 0.3 is 6.18 Å². The van der Waals surface area contributed by atoms with E-state index in [0.717, 1.165) is 18.9 Å². The Morgan fingerprint density at radius 2 is 1.78 bits per heavy atom. The molecule has 1 aromatic carbocycles. The third kappa shape index (κ3) is 3.55. The van der Waals surface area contributed by atoms with Crippen molar-refractivity contribution in [2.45, 2.75) is 44.0 Å². The summed E-state index contributed by atoms with van der Waals surface area (Å²) in [6.45, 7) is 0. The van der Waals surface area contributed by atoms with Crippen LogP contribution in [0.15, 0.2) is 24.4 Å². The number of halogens is 4. The van der Waals surface area contributed by atoms with Gasteiger partial charge in [0.2, 0.25) is 0 Å². The first kappa shape index (κ1) is 16.0. The number of hydrogen-bond donors (Lipinski definition) is 2. The normalized spacial score (nSPS) is 22.3. The summed E-state index contributed by atoms with van der Waals surface area (Å²) in [5.41, 5.74) is -1.00. The van der Waals surface area contributed by atoms with Crippen LogP contribution in [0.3, 0.4) is 0 Å². The van der Waals surface area contributed by atoms with Crippen LogP contribution in [-0.4, -0.2) is 22.2 Å². The Balaban J connectivity index is 1.93. The average Bonchev–Trinajstić information content (AvgIpc) is 2.48. The molecule has 1 saturated carbocycles. The highest BCUT2D eigenvalue weighted by Crippen LogP contribution is 2.36. The van der Waals surface area contributed by atoms with Crippen molar-refractivity contribution in [3.8, 4) is 0 Å². The number of alkyl halides is 3. The van der Waals surface area contributed by atoms with Crippen LogP contribution in [0.2, 0.25) is 0 Å². The van der Waals surface area contributed by atoms with Crippen LogP contribution in [0, 0.1) is 5.82 Å². The molecule has 1 aromatic heterocycles. The van der Waals surface area contributed by atoms with E-state index in [-0.39, 0.29) is 22.9 Å². The summed E-state index contributed by atoms with van der Waals surface area (Å²) >= 11 is 0. The number of benzene rings is 1. The molecule has 0 radical (unpaired) electrons. The third-order valence-corrected chi connectivity index (χ3v) is 4.15. The summed E-state index contributed by atoms with van der Waals surface area (Å²) in [5.74, 6) is -0.607. The monoisotopic (exact) mass is 328 g/mol. The molecule has 0 bridgehead atoms. The second-order valence-electron chi connectivity index (χ2n) is 5.89. The number of pyridine rings is 1. The van der Waals surface area contributed by atoms with Crippen molar-refractivity contribution in [3.63, 3.8) is 0 Å². The molecule has 2 aromatic rings. The standard InChI is InChI=1S/C16H16F4N2O/c17-10-5-9-8-21-15(22-11-1-3-12(23)4-2-11)7-13(9)14(6-10)16(18,19)20/h5-8,11-12,23H,1-4H2,(H,21,22). The molecule has 1 aliphatic rings. The number of aromatic nitrogens is 1. The first-order chi connectivity index (χ1) is 10.8. The molecule has 0 amide bonds. The van der Waals surface area contributed by atoms with Gasteiger partial charge in [-0.3, -0.25) is 0 Å². The largest absolute Gasteiger partial charge is 0.417 e.